The molecule has 168 valence electrons. The summed E-state index contributed by atoms with van der Waals surface area (Å²) in [5, 5.41) is 0. The number of piperidine rings is 1. The maximum absolute atomic E-state index is 12.9. The van der Waals surface area contributed by atoms with E-state index in [0.717, 1.165) is 51.5 Å². The van der Waals surface area contributed by atoms with Crippen molar-refractivity contribution in [3.8, 4) is 11.5 Å². The molecule has 1 N–H and O–H groups in total. The summed E-state index contributed by atoms with van der Waals surface area (Å²) < 4.78 is 38.8. The fraction of sp³-hybridized carbons (Fsp3) is 0.476. The second kappa shape index (κ2) is 8.03. The molecule has 11 heteroatoms. The number of nitrogens with one attached hydrogen (secondary N) is 1. The summed E-state index contributed by atoms with van der Waals surface area (Å²) in [7, 11) is 0. The van der Waals surface area contributed by atoms with Crippen LogP contribution in [0.5, 0.6) is 0 Å². The van der Waals surface area contributed by atoms with Crippen molar-refractivity contribution < 1.29 is 18.0 Å². The number of anilines is 1. The molecular formula is C21H22F3N7O. The largest absolute Gasteiger partial charge is 0.451 e. The Morgan fingerprint density at radius 3 is 2.62 bits per heavy atom. The van der Waals surface area contributed by atoms with Gasteiger partial charge < -0.3 is 14.8 Å². The van der Waals surface area contributed by atoms with Gasteiger partial charge in [0.25, 0.3) is 0 Å². The van der Waals surface area contributed by atoms with Crippen molar-refractivity contribution in [2.24, 2.45) is 5.92 Å². The number of H-pyrrole nitrogens is 1. The molecule has 3 aromatic rings. The van der Waals surface area contributed by atoms with E-state index in [4.69, 9.17) is 0 Å². The van der Waals surface area contributed by atoms with Crippen molar-refractivity contribution in [2.75, 3.05) is 31.1 Å². The van der Waals surface area contributed by atoms with Crippen molar-refractivity contribution in [3.05, 3.63) is 30.2 Å². The lowest BCUT2D eigenvalue weighted by Gasteiger charge is -2.34. The summed E-state index contributed by atoms with van der Waals surface area (Å²) in [4.78, 5) is 35.7. The molecule has 5 rings (SSSR count). The predicted molar refractivity (Wildman–Crippen MR) is 111 cm³/mol. The van der Waals surface area contributed by atoms with Gasteiger partial charge >= 0.3 is 6.18 Å². The quantitative estimate of drug-likeness (QED) is 0.666. The number of amides is 1. The van der Waals surface area contributed by atoms with Crippen LogP contribution in [0.2, 0.25) is 0 Å². The highest BCUT2D eigenvalue weighted by Gasteiger charge is 2.35. The number of nitrogens with zero attached hydrogens (tertiary/aromatic N) is 6. The van der Waals surface area contributed by atoms with Crippen LogP contribution in [-0.2, 0) is 11.0 Å². The number of aromatic nitrogens is 5. The molecule has 0 spiro atoms. The van der Waals surface area contributed by atoms with E-state index in [0.29, 0.717) is 23.5 Å². The van der Waals surface area contributed by atoms with Gasteiger partial charge in [0.15, 0.2) is 11.5 Å². The number of carbonyl (C=O) groups is 1. The van der Waals surface area contributed by atoms with Gasteiger partial charge in [0, 0.05) is 32.4 Å². The molecule has 1 unspecified atom stereocenters. The number of rotatable bonds is 3. The second-order valence-electron chi connectivity index (χ2n) is 8.20. The van der Waals surface area contributed by atoms with E-state index in [9.17, 15) is 18.0 Å². The maximum atomic E-state index is 12.9. The number of hydrogen-bond donors (Lipinski definition) is 1. The van der Waals surface area contributed by atoms with Crippen molar-refractivity contribution >= 4 is 22.9 Å². The fourth-order valence-electron chi connectivity index (χ4n) is 4.39. The van der Waals surface area contributed by atoms with Crippen molar-refractivity contribution in [1.82, 2.24) is 29.8 Å². The van der Waals surface area contributed by atoms with Gasteiger partial charge in [0.05, 0.1) is 5.92 Å². The van der Waals surface area contributed by atoms with Crippen LogP contribution in [-0.4, -0.2) is 61.9 Å². The first-order valence-electron chi connectivity index (χ1n) is 10.7. The van der Waals surface area contributed by atoms with Crippen LogP contribution in [0.4, 0.5) is 19.0 Å². The highest BCUT2D eigenvalue weighted by atomic mass is 19.4. The summed E-state index contributed by atoms with van der Waals surface area (Å²) in [5.74, 6) is -0.130. The Morgan fingerprint density at radius 2 is 1.84 bits per heavy atom. The minimum absolute atomic E-state index is 0.0427. The van der Waals surface area contributed by atoms with Crippen molar-refractivity contribution in [1.29, 1.82) is 0 Å². The summed E-state index contributed by atoms with van der Waals surface area (Å²) >= 11 is 0. The number of alkyl halides is 3. The summed E-state index contributed by atoms with van der Waals surface area (Å²) in [5.41, 5.74) is 1.02. The molecule has 0 aliphatic carbocycles. The number of imidazole rings is 1. The topological polar surface area (TPSA) is 90.9 Å². The number of pyridine rings is 1. The molecule has 8 nitrogen and oxygen atoms in total. The maximum Gasteiger partial charge on any atom is 0.451 e. The minimum atomic E-state index is -4.63. The number of halogens is 3. The van der Waals surface area contributed by atoms with Crippen molar-refractivity contribution in [2.45, 2.75) is 31.9 Å². The average molecular weight is 445 g/mol. The van der Waals surface area contributed by atoms with Crippen LogP contribution in [0.25, 0.3) is 22.7 Å². The second-order valence-corrected chi connectivity index (χ2v) is 8.20. The van der Waals surface area contributed by atoms with Gasteiger partial charge in [-0.15, -0.1) is 0 Å². The van der Waals surface area contributed by atoms with Crippen LogP contribution < -0.4 is 4.90 Å². The Kier molecular flexibility index (Phi) is 5.18. The third-order valence-electron chi connectivity index (χ3n) is 5.99. The van der Waals surface area contributed by atoms with Gasteiger partial charge in [0.1, 0.15) is 17.0 Å². The standard InChI is InChI=1S/C21H22F3N7O/c22-21(23,24)20-25-8-7-15(27-20)17-26-14-5-6-16(28-18(14)29-17)31-11-3-4-13(12-31)19(32)30-9-1-2-10-30/h5-8,13H,1-4,9-12H2,(H,26,28,29). The van der Waals surface area contributed by atoms with E-state index in [1.165, 1.54) is 6.07 Å². The molecular weight excluding hydrogens is 423 g/mol. The van der Waals surface area contributed by atoms with Gasteiger partial charge in [-0.2, -0.15) is 13.2 Å². The lowest BCUT2D eigenvalue weighted by Crippen LogP contribution is -2.44. The van der Waals surface area contributed by atoms with Crippen LogP contribution in [0.15, 0.2) is 24.4 Å². The first-order valence-corrected chi connectivity index (χ1v) is 10.7. The molecule has 0 radical (unpaired) electrons. The Morgan fingerprint density at radius 1 is 1.03 bits per heavy atom. The minimum Gasteiger partial charge on any atom is -0.356 e. The fourth-order valence-corrected chi connectivity index (χ4v) is 4.39. The molecule has 2 aliphatic rings. The summed E-state index contributed by atoms with van der Waals surface area (Å²) in [6, 6.07) is 4.97. The predicted octanol–water partition coefficient (Wildman–Crippen LogP) is 3.27. The van der Waals surface area contributed by atoms with Crippen LogP contribution in [0.1, 0.15) is 31.5 Å². The van der Waals surface area contributed by atoms with Crippen LogP contribution >= 0.6 is 0 Å². The van der Waals surface area contributed by atoms with E-state index in [1.54, 1.807) is 6.07 Å². The Hall–Kier alpha value is -3.24. The molecule has 0 aromatic carbocycles. The molecule has 2 fully saturated rings. The van der Waals surface area contributed by atoms with Crippen LogP contribution in [0, 0.1) is 5.92 Å². The first-order chi connectivity index (χ1) is 15.4. The summed E-state index contributed by atoms with van der Waals surface area (Å²) in [6.07, 6.45) is 0.336. The van der Waals surface area contributed by atoms with Crippen molar-refractivity contribution in [3.63, 3.8) is 0 Å². The first kappa shape index (κ1) is 20.7. The number of aromatic amines is 1. The number of fused-ring (bicyclic) bond motifs is 1. The number of hydrogen-bond acceptors (Lipinski definition) is 6. The van der Waals surface area contributed by atoms with Crippen LogP contribution in [0.3, 0.4) is 0 Å². The van der Waals surface area contributed by atoms with E-state index in [1.807, 2.05) is 11.0 Å². The number of carbonyl (C=O) groups excluding carboxylic acids is 1. The summed E-state index contributed by atoms with van der Waals surface area (Å²) in [6.45, 7) is 3.09. The number of likely N-dealkylation sites (tertiary alicyclic amines) is 1. The molecule has 5 heterocycles. The lowest BCUT2D eigenvalue weighted by molar-refractivity contribution is -0.144. The molecule has 3 aromatic heterocycles. The molecule has 32 heavy (non-hydrogen) atoms. The molecule has 1 atom stereocenters. The van der Waals surface area contributed by atoms with Gasteiger partial charge in [0.2, 0.25) is 11.7 Å². The molecule has 2 aliphatic heterocycles. The smallest absolute Gasteiger partial charge is 0.356 e. The van der Waals surface area contributed by atoms with E-state index >= 15 is 0 Å². The van der Waals surface area contributed by atoms with E-state index in [-0.39, 0.29) is 23.3 Å². The molecule has 0 bridgehead atoms. The van der Waals surface area contributed by atoms with Gasteiger partial charge in [-0.05, 0) is 43.9 Å². The Labute approximate surface area is 181 Å². The van der Waals surface area contributed by atoms with Gasteiger partial charge in [-0.3, -0.25) is 4.79 Å². The molecule has 1 amide bonds. The van der Waals surface area contributed by atoms with Gasteiger partial charge in [-0.25, -0.2) is 19.9 Å². The zero-order valence-corrected chi connectivity index (χ0v) is 17.3. The lowest BCUT2D eigenvalue weighted by atomic mass is 9.96. The third-order valence-corrected chi connectivity index (χ3v) is 5.99. The normalized spacial score (nSPS) is 19.7. The average Bonchev–Trinajstić information content (AvgIpc) is 3.48. The third kappa shape index (κ3) is 3.98. The van der Waals surface area contributed by atoms with Gasteiger partial charge in [-0.1, -0.05) is 0 Å². The monoisotopic (exact) mass is 445 g/mol. The Bertz CT molecular complexity index is 1140. The highest BCUT2D eigenvalue weighted by molar-refractivity contribution is 5.80. The molecule has 0 saturated carbocycles. The van der Waals surface area contributed by atoms with E-state index in [2.05, 4.69) is 29.8 Å². The highest BCUT2D eigenvalue weighted by Crippen LogP contribution is 2.29. The molecule has 2 saturated heterocycles. The zero-order chi connectivity index (χ0) is 22.3. The zero-order valence-electron chi connectivity index (χ0n) is 17.3. The van der Waals surface area contributed by atoms with E-state index < -0.39 is 12.0 Å². The SMILES string of the molecule is O=C(C1CCCN(c2ccc3nc(-c4ccnc(C(F)(F)F)n4)[nH]c3n2)C1)N1CCCC1. The Balaban J connectivity index is 1.38.